The van der Waals surface area contributed by atoms with Crippen molar-refractivity contribution in [3.8, 4) is 0 Å². The Morgan fingerprint density at radius 2 is 1.59 bits per heavy atom. The maximum absolute atomic E-state index is 3.61. The van der Waals surface area contributed by atoms with Gasteiger partial charge >= 0.3 is 130 Å². The van der Waals surface area contributed by atoms with Crippen LogP contribution in [0.15, 0.2) is 50.9 Å². The van der Waals surface area contributed by atoms with Gasteiger partial charge in [-0.05, 0) is 0 Å². The Hall–Kier alpha value is -0.466. The van der Waals surface area contributed by atoms with Crippen LogP contribution in [0.2, 0.25) is 0 Å². The van der Waals surface area contributed by atoms with Crippen molar-refractivity contribution in [3.63, 3.8) is 0 Å². The fourth-order valence-electron chi connectivity index (χ4n) is 3.12. The van der Waals surface area contributed by atoms with Crippen LogP contribution in [0, 0.1) is 5.41 Å². The summed E-state index contributed by atoms with van der Waals surface area (Å²) in [6.07, 6.45) is 0. The first-order valence-electron chi connectivity index (χ1n) is 7.15. The molecule has 0 bridgehead atoms. The Balaban J connectivity index is 0.00000121. The summed E-state index contributed by atoms with van der Waals surface area (Å²) >= 11 is -0.283. The summed E-state index contributed by atoms with van der Waals surface area (Å²) in [7, 11) is 0. The van der Waals surface area contributed by atoms with Crippen LogP contribution in [-0.4, -0.2) is 4.98 Å². The van der Waals surface area contributed by atoms with Gasteiger partial charge in [0.05, 0.1) is 0 Å². The van der Waals surface area contributed by atoms with E-state index in [0.717, 1.165) is 0 Å². The molecule has 0 radical (unpaired) electrons. The smallest absolute Gasteiger partial charge is 1.00 e. The van der Waals surface area contributed by atoms with Gasteiger partial charge in [-0.1, -0.05) is 0 Å². The van der Waals surface area contributed by atoms with E-state index in [1.807, 2.05) is 0 Å². The minimum Gasteiger partial charge on any atom is -1.00 e. The van der Waals surface area contributed by atoms with Gasteiger partial charge in [0.25, 0.3) is 0 Å². The molecule has 2 aromatic rings. The van der Waals surface area contributed by atoms with Gasteiger partial charge in [0.15, 0.2) is 0 Å². The quantitative estimate of drug-likeness (QED) is 0.622. The van der Waals surface area contributed by atoms with E-state index in [4.69, 9.17) is 0 Å². The van der Waals surface area contributed by atoms with Gasteiger partial charge in [-0.2, -0.15) is 0 Å². The molecule has 1 heterocycles. The van der Waals surface area contributed by atoms with E-state index in [1.165, 1.54) is 26.0 Å². The Bertz CT molecular complexity index is 720. The molecule has 22 heavy (non-hydrogen) atoms. The maximum atomic E-state index is 3.61. The molecule has 3 rings (SSSR count). The molecule has 0 aliphatic heterocycles. The zero-order valence-corrected chi connectivity index (χ0v) is 16.7. The summed E-state index contributed by atoms with van der Waals surface area (Å²) in [6.45, 7) is 11.6. The largest absolute Gasteiger partial charge is 1.00 e. The molecule has 0 amide bonds. The number of fused-ring (bicyclic) bond motifs is 1. The first-order valence-corrected chi connectivity index (χ1v) is 8.72. The molecule has 0 fully saturated rings. The topological polar surface area (TPSA) is 15.8 Å². The number of H-pyrrole nitrogens is 1. The van der Waals surface area contributed by atoms with Crippen LogP contribution in [0.3, 0.4) is 0 Å². The minimum atomic E-state index is -0.283. The van der Waals surface area contributed by atoms with Crippen LogP contribution < -0.4 is 28.8 Å². The second-order valence-electron chi connectivity index (χ2n) is 6.27. The zero-order chi connectivity index (χ0) is 14.5. The normalized spacial score (nSPS) is 16.4. The number of aromatic amines is 1. The van der Waals surface area contributed by atoms with E-state index < -0.39 is 0 Å². The average molecular weight is 370 g/mol. The second kappa shape index (κ2) is 6.97. The Labute approximate surface area is 154 Å². The number of hydrogen-bond acceptors (Lipinski definition) is 0. The van der Waals surface area contributed by atoms with Crippen molar-refractivity contribution in [1.82, 2.24) is 4.98 Å². The van der Waals surface area contributed by atoms with Gasteiger partial charge in [0, 0.05) is 0 Å². The summed E-state index contributed by atoms with van der Waals surface area (Å²) in [5.74, 6) is 0. The fourth-order valence-corrected chi connectivity index (χ4v) is 5.57. The molecule has 0 atom stereocenters. The average Bonchev–Trinajstić information content (AvgIpc) is 2.89. The molecular formula is C18H21Cl2NTi. The molecule has 1 nitrogen and oxygen atoms in total. The van der Waals surface area contributed by atoms with Gasteiger partial charge in [0.2, 0.25) is 0 Å². The van der Waals surface area contributed by atoms with Gasteiger partial charge < -0.3 is 24.8 Å². The van der Waals surface area contributed by atoms with Crippen molar-refractivity contribution >= 4 is 14.9 Å². The third kappa shape index (κ3) is 3.10. The Morgan fingerprint density at radius 1 is 0.955 bits per heavy atom. The minimum absolute atomic E-state index is 0. The molecule has 1 aliphatic carbocycles. The predicted octanol–water partition coefficient (Wildman–Crippen LogP) is -1.47. The summed E-state index contributed by atoms with van der Waals surface area (Å²) in [6, 6.07) is 10.9. The van der Waals surface area contributed by atoms with Gasteiger partial charge in [-0.3, -0.25) is 0 Å². The monoisotopic (exact) mass is 369 g/mol. The molecule has 1 aromatic heterocycles. The third-order valence-electron chi connectivity index (χ3n) is 4.85. The van der Waals surface area contributed by atoms with Crippen molar-refractivity contribution in [2.24, 2.45) is 5.41 Å². The van der Waals surface area contributed by atoms with Crippen molar-refractivity contribution in [3.05, 3.63) is 50.9 Å². The Morgan fingerprint density at radius 3 is 2.14 bits per heavy atom. The standard InChI is InChI=1S/C10H15.C8H6N.2ClH.Ti/c1-7-6-10(4,5)9(3)8(7)2;1-2-4-8-7(3-1)5-6-9-8;;;/h1-5H3;1-5,9H;2*1H;/q;;;;+2/p-2. The van der Waals surface area contributed by atoms with E-state index in [-0.39, 0.29) is 49.4 Å². The number of aromatic nitrogens is 1. The molecule has 0 unspecified atom stereocenters. The summed E-state index contributed by atoms with van der Waals surface area (Å²) in [5, 5.41) is 1.33. The van der Waals surface area contributed by atoms with Crippen molar-refractivity contribution in [1.29, 1.82) is 0 Å². The molecule has 116 valence electrons. The number of halogens is 2. The molecule has 0 spiro atoms. The van der Waals surface area contributed by atoms with Crippen LogP contribution in [-0.2, 0) is 19.2 Å². The molecular weight excluding hydrogens is 349 g/mol. The molecule has 1 aromatic carbocycles. The zero-order valence-electron chi connectivity index (χ0n) is 13.6. The third-order valence-corrected chi connectivity index (χ3v) is 7.65. The second-order valence-corrected chi connectivity index (χ2v) is 8.28. The molecule has 4 heteroatoms. The van der Waals surface area contributed by atoms with E-state index >= 15 is 0 Å². The first-order chi connectivity index (χ1) is 9.41. The van der Waals surface area contributed by atoms with Crippen LogP contribution in [0.5, 0.6) is 0 Å². The number of rotatable bonds is 2. The summed E-state index contributed by atoms with van der Waals surface area (Å²) in [4.78, 5) is 3.61. The number of hydrogen-bond donors (Lipinski definition) is 1. The summed E-state index contributed by atoms with van der Waals surface area (Å²) < 4.78 is 3.12. The number of allylic oxidation sites excluding steroid dienone is 4. The van der Waals surface area contributed by atoms with E-state index in [1.54, 1.807) is 9.45 Å². The van der Waals surface area contributed by atoms with Crippen LogP contribution in [0.1, 0.15) is 34.6 Å². The number of benzene rings is 1. The fraction of sp³-hybridized carbons (Fsp3) is 0.333. The van der Waals surface area contributed by atoms with Gasteiger partial charge in [-0.15, -0.1) is 0 Å². The maximum Gasteiger partial charge on any atom is -1.00 e. The van der Waals surface area contributed by atoms with Crippen molar-refractivity contribution in [2.75, 3.05) is 0 Å². The van der Waals surface area contributed by atoms with Crippen molar-refractivity contribution in [2.45, 2.75) is 34.6 Å². The van der Waals surface area contributed by atoms with E-state index in [9.17, 15) is 0 Å². The van der Waals surface area contributed by atoms with Gasteiger partial charge in [-0.25, -0.2) is 0 Å². The van der Waals surface area contributed by atoms with Gasteiger partial charge in [0.1, 0.15) is 0 Å². The molecule has 0 saturated carbocycles. The van der Waals surface area contributed by atoms with E-state index in [0.29, 0.717) is 0 Å². The first kappa shape index (κ1) is 19.6. The predicted molar refractivity (Wildman–Crippen MR) is 82.8 cm³/mol. The molecule has 1 aliphatic rings. The van der Waals surface area contributed by atoms with Crippen LogP contribution in [0.25, 0.3) is 10.9 Å². The number of para-hydroxylation sites is 1. The SMILES string of the molecule is CC1=C(C)C(C)(C)[C]([Ti+2][c]2cc3ccccc3[nH]2)=C1C.[Cl-].[Cl-]. The Kier molecular flexibility index (Phi) is 6.20. The van der Waals surface area contributed by atoms with Crippen LogP contribution in [0.4, 0.5) is 0 Å². The van der Waals surface area contributed by atoms with Crippen molar-refractivity contribution < 1.29 is 44.0 Å². The van der Waals surface area contributed by atoms with E-state index in [2.05, 4.69) is 69.9 Å². The molecule has 0 saturated heterocycles. The number of nitrogens with one attached hydrogen (secondary N) is 1. The molecule has 1 N–H and O–H groups in total. The summed E-state index contributed by atoms with van der Waals surface area (Å²) in [5.41, 5.74) is 6.09. The van der Waals surface area contributed by atoms with Crippen LogP contribution >= 0.6 is 0 Å².